The Morgan fingerprint density at radius 2 is 1.74 bits per heavy atom. The first-order valence-electron chi connectivity index (χ1n) is 16.9. The highest BCUT2D eigenvalue weighted by Crippen LogP contribution is 2.35. The number of fused-ring (bicyclic) bond motifs is 2. The van der Waals surface area contributed by atoms with E-state index >= 15 is 0 Å². The van der Waals surface area contributed by atoms with Crippen LogP contribution in [-0.4, -0.2) is 115 Å². The van der Waals surface area contributed by atoms with E-state index in [0.29, 0.717) is 34.9 Å². The molecule has 3 aliphatic rings. The lowest BCUT2D eigenvalue weighted by Crippen LogP contribution is -2.35. The minimum atomic E-state index is -5.17. The van der Waals surface area contributed by atoms with Crippen molar-refractivity contribution in [3.8, 4) is 28.4 Å². The number of aliphatic hydroxyl groups is 1. The molecule has 1 N–H and O–H groups in total. The third-order valence-electron chi connectivity index (χ3n) is 9.23. The zero-order valence-corrected chi connectivity index (χ0v) is 31.2. The van der Waals surface area contributed by atoms with Crippen LogP contribution in [-0.2, 0) is 53.1 Å². The van der Waals surface area contributed by atoms with Crippen molar-refractivity contribution in [2.75, 3.05) is 50.4 Å². The van der Waals surface area contributed by atoms with Gasteiger partial charge in [0.05, 0.1) is 43.0 Å². The fourth-order valence-corrected chi connectivity index (χ4v) is 9.27. The summed E-state index contributed by atoms with van der Waals surface area (Å²) in [4.78, 5) is 21.1. The Bertz CT molecular complexity index is 2090. The molecule has 2 aromatic heterocycles. The topological polar surface area (TPSA) is 138 Å². The monoisotopic (exact) mass is 796 g/mol. The van der Waals surface area contributed by atoms with Crippen molar-refractivity contribution >= 4 is 49.5 Å². The average Bonchev–Trinajstić information content (AvgIpc) is 3.87. The fraction of sp³-hybridized carbons (Fsp3) is 0.457. The maximum atomic E-state index is 13.1. The van der Waals surface area contributed by atoms with Gasteiger partial charge in [-0.25, -0.2) is 13.5 Å². The molecule has 3 fully saturated rings. The van der Waals surface area contributed by atoms with Crippen molar-refractivity contribution in [3.63, 3.8) is 0 Å². The van der Waals surface area contributed by atoms with Gasteiger partial charge in [0.2, 0.25) is 0 Å². The molecule has 0 saturated carbocycles. The molecule has 1 amide bonds. The molecule has 7 rings (SSSR count). The van der Waals surface area contributed by atoms with Crippen molar-refractivity contribution in [2.24, 2.45) is 4.36 Å². The molecule has 5 atom stereocenters. The number of carbonyl (C=O) groups is 1. The summed E-state index contributed by atoms with van der Waals surface area (Å²) in [6.07, 6.45) is -2.56. The molecule has 2 aromatic carbocycles. The summed E-state index contributed by atoms with van der Waals surface area (Å²) in [7, 11) is -3.27. The van der Waals surface area contributed by atoms with E-state index < -0.39 is 46.4 Å². The minimum Gasteiger partial charge on any atom is -0.456 e. The van der Waals surface area contributed by atoms with Crippen LogP contribution < -0.4 is 4.74 Å². The molecule has 3 saturated heterocycles. The van der Waals surface area contributed by atoms with Crippen LogP contribution in [0.15, 0.2) is 59.0 Å². The largest absolute Gasteiger partial charge is 0.474 e. The van der Waals surface area contributed by atoms with Gasteiger partial charge in [-0.3, -0.25) is 9.36 Å². The quantitative estimate of drug-likeness (QED) is 0.167. The molecule has 284 valence electrons. The Hall–Kier alpha value is -3.29. The zero-order valence-electron chi connectivity index (χ0n) is 28.8. The highest BCUT2D eigenvalue weighted by atomic mass is 35.5. The number of imidazole rings is 1. The van der Waals surface area contributed by atoms with Gasteiger partial charge in [-0.05, 0) is 40.1 Å². The fourth-order valence-electron chi connectivity index (χ4n) is 6.47. The lowest BCUT2D eigenvalue weighted by molar-refractivity contribution is -0.169. The maximum Gasteiger partial charge on any atom is 0.474 e. The Balaban J connectivity index is 1.10. The Labute approximate surface area is 312 Å². The lowest BCUT2D eigenvalue weighted by atomic mass is 10.0. The summed E-state index contributed by atoms with van der Waals surface area (Å²) in [5.74, 6) is -1.51. The Morgan fingerprint density at radius 3 is 2.43 bits per heavy atom. The average molecular weight is 797 g/mol. The van der Waals surface area contributed by atoms with Crippen molar-refractivity contribution in [3.05, 3.63) is 65.2 Å². The van der Waals surface area contributed by atoms with Crippen molar-refractivity contribution in [1.82, 2.24) is 18.8 Å². The molecular formula is C35H38ClF3N5O7S2+. The van der Waals surface area contributed by atoms with Crippen LogP contribution in [0.2, 0.25) is 5.02 Å². The van der Waals surface area contributed by atoms with E-state index in [4.69, 9.17) is 40.5 Å². The van der Waals surface area contributed by atoms with E-state index in [9.17, 15) is 27.3 Å². The summed E-state index contributed by atoms with van der Waals surface area (Å²) in [5.41, 5.74) is 4.83. The number of amides is 1. The van der Waals surface area contributed by atoms with Gasteiger partial charge in [0.1, 0.15) is 46.2 Å². The van der Waals surface area contributed by atoms with Crippen LogP contribution >= 0.6 is 11.6 Å². The summed E-state index contributed by atoms with van der Waals surface area (Å²) in [6.45, 7) is 1.47. The highest BCUT2D eigenvalue weighted by Gasteiger charge is 2.49. The molecule has 0 radical (unpaired) electrons. The van der Waals surface area contributed by atoms with Crippen LogP contribution in [0.1, 0.15) is 12.0 Å². The van der Waals surface area contributed by atoms with E-state index in [2.05, 4.69) is 16.9 Å². The lowest BCUT2D eigenvalue weighted by Gasteiger charge is -2.18. The zero-order chi connectivity index (χ0) is 37.5. The number of pyridine rings is 1. The van der Waals surface area contributed by atoms with Gasteiger partial charge in [0.25, 0.3) is 0 Å². The molecule has 2 unspecified atom stereocenters. The molecule has 53 heavy (non-hydrogen) atoms. The predicted molar refractivity (Wildman–Crippen MR) is 195 cm³/mol. The van der Waals surface area contributed by atoms with Gasteiger partial charge >= 0.3 is 18.1 Å². The smallest absolute Gasteiger partial charge is 0.456 e. The standard InChI is InChI=1S/C35H38ClF3N5O7S2/c1-52(2)14-13-48-20-44-32-26(40-34(44)51-28-19-50-30-27(45)18-49-31(28)30)16-25(36)29(41-32)24-10-8-23(9-11-24)22-6-4-21(5-7-22)17-43-12-3-15-53(43,47)42-33(46)35(37,38)39/h4-11,16,27-28,30-31,45H,3,12-15,17-20H2,1-2H3/q+1/t27-,28-,30-,31?,53?/m1/s1. The number of nitrogens with zero attached hydrogens (tertiary/aromatic N) is 5. The van der Waals surface area contributed by atoms with E-state index in [0.717, 1.165) is 28.0 Å². The number of aromatic nitrogens is 3. The van der Waals surface area contributed by atoms with Crippen molar-refractivity contribution in [2.45, 2.75) is 50.3 Å². The third kappa shape index (κ3) is 8.22. The number of benzene rings is 2. The second kappa shape index (κ2) is 15.5. The summed E-state index contributed by atoms with van der Waals surface area (Å²) < 4.78 is 81.6. The number of hydrogen-bond donors (Lipinski definition) is 1. The predicted octanol–water partition coefficient (Wildman–Crippen LogP) is 4.85. The number of rotatable bonds is 11. The molecule has 3 aliphatic heterocycles. The number of halogens is 4. The SMILES string of the molecule is C[S+](C)CCOCn1c(O[C@@H]2CO[C@H]3C2OC[C@H]3O)nc2cc(Cl)c(-c3ccc(-c4ccc(CN5CCCS5(=O)=NC(=O)C(F)(F)F)cc4)cc3)nc21. The summed E-state index contributed by atoms with van der Waals surface area (Å²) in [5, 5.41) is 10.6. The van der Waals surface area contributed by atoms with E-state index in [1.54, 1.807) is 10.6 Å². The molecule has 5 heterocycles. The van der Waals surface area contributed by atoms with Crippen LogP contribution in [0.25, 0.3) is 33.5 Å². The number of ether oxygens (including phenoxy) is 4. The van der Waals surface area contributed by atoms with Gasteiger partial charge in [0.15, 0.2) is 11.8 Å². The second-order valence-electron chi connectivity index (χ2n) is 13.2. The van der Waals surface area contributed by atoms with E-state index in [1.807, 2.05) is 48.5 Å². The van der Waals surface area contributed by atoms with Crippen LogP contribution in [0, 0.1) is 0 Å². The summed E-state index contributed by atoms with van der Waals surface area (Å²) in [6, 6.07) is 17.0. The van der Waals surface area contributed by atoms with Gasteiger partial charge < -0.3 is 24.1 Å². The van der Waals surface area contributed by atoms with Gasteiger partial charge in [-0.15, -0.1) is 4.36 Å². The molecule has 18 heteroatoms. The van der Waals surface area contributed by atoms with Gasteiger partial charge in [-0.2, -0.15) is 18.2 Å². The Morgan fingerprint density at radius 1 is 1.06 bits per heavy atom. The molecule has 4 aromatic rings. The first kappa shape index (κ1) is 38.0. The first-order valence-corrected chi connectivity index (χ1v) is 21.1. The number of aliphatic hydroxyl groups excluding tert-OH is 1. The van der Waals surface area contributed by atoms with E-state index in [-0.39, 0.29) is 55.7 Å². The van der Waals surface area contributed by atoms with Crippen molar-refractivity contribution in [1.29, 1.82) is 0 Å². The second-order valence-corrected chi connectivity index (χ2v) is 18.3. The number of carbonyl (C=O) groups excluding carboxylic acids is 1. The normalized spacial score (nSPS) is 24.7. The van der Waals surface area contributed by atoms with Crippen molar-refractivity contribution < 1.29 is 46.2 Å². The molecular weight excluding hydrogens is 759 g/mol. The molecule has 0 spiro atoms. The molecule has 0 bridgehead atoms. The Kier molecular flexibility index (Phi) is 11.1. The van der Waals surface area contributed by atoms with Gasteiger partial charge in [-0.1, -0.05) is 60.1 Å². The molecule has 12 nitrogen and oxygen atoms in total. The third-order valence-corrected chi connectivity index (χ3v) is 12.9. The first-order chi connectivity index (χ1) is 25.3. The number of hydrogen-bond acceptors (Lipinski definition) is 9. The number of alkyl halides is 3. The van der Waals surface area contributed by atoms with Gasteiger partial charge in [0, 0.05) is 24.4 Å². The van der Waals surface area contributed by atoms with E-state index in [1.165, 1.54) is 4.31 Å². The summed E-state index contributed by atoms with van der Waals surface area (Å²) >= 11 is 6.78. The highest BCUT2D eigenvalue weighted by molar-refractivity contribution is 7.95. The maximum absolute atomic E-state index is 13.1. The van der Waals surface area contributed by atoms with Crippen LogP contribution in [0.5, 0.6) is 6.01 Å². The molecule has 0 aliphatic carbocycles. The minimum absolute atomic E-state index is 0.0907. The van der Waals surface area contributed by atoms with Crippen LogP contribution in [0.3, 0.4) is 0 Å². The van der Waals surface area contributed by atoms with Crippen LogP contribution in [0.4, 0.5) is 13.2 Å².